The summed E-state index contributed by atoms with van der Waals surface area (Å²) in [5.41, 5.74) is -0.841. The summed E-state index contributed by atoms with van der Waals surface area (Å²) in [6.45, 7) is 0. The molecule has 15 heavy (non-hydrogen) atoms. The molecule has 0 aliphatic carbocycles. The molecule has 0 radical (unpaired) electrons. The lowest BCUT2D eigenvalue weighted by Crippen LogP contribution is -2.05. The molecule has 2 rings (SSSR count). The van der Waals surface area contributed by atoms with Gasteiger partial charge >= 0.3 is 6.18 Å². The number of rotatable bonds is 0. The van der Waals surface area contributed by atoms with Gasteiger partial charge in [-0.2, -0.15) is 18.3 Å². The summed E-state index contributed by atoms with van der Waals surface area (Å²) in [7, 11) is 0. The van der Waals surface area contributed by atoms with Crippen LogP contribution in [0.1, 0.15) is 5.56 Å². The van der Waals surface area contributed by atoms with Crippen LogP contribution in [0.2, 0.25) is 0 Å². The van der Waals surface area contributed by atoms with Crippen LogP contribution in [-0.2, 0) is 6.18 Å². The topological polar surface area (TPSA) is 28.7 Å². The monoisotopic (exact) mass is 342 g/mol. The van der Waals surface area contributed by atoms with Crippen LogP contribution in [0.25, 0.3) is 10.9 Å². The number of H-pyrrole nitrogens is 1. The van der Waals surface area contributed by atoms with E-state index in [0.717, 1.165) is 6.07 Å². The van der Waals surface area contributed by atoms with Crippen molar-refractivity contribution in [3.05, 3.63) is 26.8 Å². The second-order valence-electron chi connectivity index (χ2n) is 2.85. The largest absolute Gasteiger partial charge is 0.418 e. The van der Waals surface area contributed by atoms with Gasteiger partial charge in [0, 0.05) is 9.86 Å². The molecule has 0 spiro atoms. The number of hydrogen-bond acceptors (Lipinski definition) is 1. The molecule has 1 N–H and O–H groups in total. The Balaban J connectivity index is 2.85. The standard InChI is InChI=1S/C8H3Br2F3N2/c9-4-2-1-3(8(11,12)13)6-5(4)7(10)15-14-6/h1-2H,(H,14,15). The Morgan fingerprint density at radius 1 is 1.20 bits per heavy atom. The van der Waals surface area contributed by atoms with Gasteiger partial charge in [-0.3, -0.25) is 5.10 Å². The second kappa shape index (κ2) is 3.48. The third-order valence-corrected chi connectivity index (χ3v) is 3.15. The maximum Gasteiger partial charge on any atom is 0.418 e. The first-order chi connectivity index (χ1) is 6.91. The number of halogens is 5. The van der Waals surface area contributed by atoms with Gasteiger partial charge in [-0.1, -0.05) is 0 Å². The Labute approximate surface area is 99.1 Å². The Hall–Kier alpha value is -0.560. The lowest BCUT2D eigenvalue weighted by Gasteiger charge is -2.07. The summed E-state index contributed by atoms with van der Waals surface area (Å²) in [6.07, 6.45) is -4.40. The first kappa shape index (κ1) is 10.9. The number of nitrogens with one attached hydrogen (secondary N) is 1. The molecule has 0 amide bonds. The minimum absolute atomic E-state index is 0.0937. The van der Waals surface area contributed by atoms with Crippen molar-refractivity contribution in [3.63, 3.8) is 0 Å². The molecule has 2 aromatic rings. The fourth-order valence-electron chi connectivity index (χ4n) is 1.28. The number of aromatic amines is 1. The van der Waals surface area contributed by atoms with Crippen molar-refractivity contribution >= 4 is 42.8 Å². The lowest BCUT2D eigenvalue weighted by molar-refractivity contribution is -0.136. The van der Waals surface area contributed by atoms with E-state index < -0.39 is 11.7 Å². The van der Waals surface area contributed by atoms with Crippen LogP contribution in [-0.4, -0.2) is 10.2 Å². The minimum atomic E-state index is -4.40. The van der Waals surface area contributed by atoms with Gasteiger partial charge in [0.1, 0.15) is 10.1 Å². The molecule has 1 aromatic heterocycles. The van der Waals surface area contributed by atoms with E-state index in [-0.39, 0.29) is 5.52 Å². The van der Waals surface area contributed by atoms with Crippen molar-refractivity contribution < 1.29 is 13.2 Å². The molecule has 0 bridgehead atoms. The van der Waals surface area contributed by atoms with Crippen LogP contribution in [0.15, 0.2) is 21.2 Å². The third kappa shape index (κ3) is 1.78. The maximum atomic E-state index is 12.6. The number of aromatic nitrogens is 2. The second-order valence-corrected chi connectivity index (χ2v) is 4.50. The number of alkyl halides is 3. The molecular weight excluding hydrogens is 341 g/mol. The van der Waals surface area contributed by atoms with Gasteiger partial charge in [0.05, 0.1) is 5.56 Å². The van der Waals surface area contributed by atoms with Crippen molar-refractivity contribution in [1.82, 2.24) is 10.2 Å². The zero-order chi connectivity index (χ0) is 11.2. The highest BCUT2D eigenvalue weighted by atomic mass is 79.9. The Kier molecular flexibility index (Phi) is 2.54. The molecule has 0 saturated carbocycles. The Bertz CT molecular complexity index is 518. The van der Waals surface area contributed by atoms with E-state index in [2.05, 4.69) is 42.1 Å². The first-order valence-electron chi connectivity index (χ1n) is 3.80. The van der Waals surface area contributed by atoms with Crippen molar-refractivity contribution in [2.24, 2.45) is 0 Å². The van der Waals surface area contributed by atoms with Gasteiger partial charge in [-0.05, 0) is 44.0 Å². The maximum absolute atomic E-state index is 12.6. The van der Waals surface area contributed by atoms with Crippen molar-refractivity contribution in [3.8, 4) is 0 Å². The normalized spacial score (nSPS) is 12.3. The van der Waals surface area contributed by atoms with E-state index in [1.807, 2.05) is 0 Å². The molecule has 1 aromatic carbocycles. The van der Waals surface area contributed by atoms with Crippen LogP contribution in [0.5, 0.6) is 0 Å². The zero-order valence-corrected chi connectivity index (χ0v) is 10.2. The van der Waals surface area contributed by atoms with Crippen LogP contribution < -0.4 is 0 Å². The molecule has 7 heteroatoms. The van der Waals surface area contributed by atoms with E-state index in [1.165, 1.54) is 6.07 Å². The van der Waals surface area contributed by atoms with Crippen molar-refractivity contribution in [2.45, 2.75) is 6.18 Å². The van der Waals surface area contributed by atoms with Gasteiger partial charge in [0.25, 0.3) is 0 Å². The quantitative estimate of drug-likeness (QED) is 0.766. The molecule has 2 nitrogen and oxygen atoms in total. The van der Waals surface area contributed by atoms with Gasteiger partial charge in [0.15, 0.2) is 0 Å². The summed E-state index contributed by atoms with van der Waals surface area (Å²) < 4.78 is 38.7. The number of hydrogen-bond donors (Lipinski definition) is 1. The number of nitrogens with zero attached hydrogens (tertiary/aromatic N) is 1. The van der Waals surface area contributed by atoms with E-state index in [4.69, 9.17) is 0 Å². The van der Waals surface area contributed by atoms with Gasteiger partial charge in [0.2, 0.25) is 0 Å². The predicted molar refractivity (Wildman–Crippen MR) is 56.5 cm³/mol. The molecule has 0 fully saturated rings. The summed E-state index contributed by atoms with van der Waals surface area (Å²) in [5, 5.41) is 6.48. The molecule has 80 valence electrons. The van der Waals surface area contributed by atoms with E-state index in [1.54, 1.807) is 0 Å². The van der Waals surface area contributed by atoms with Gasteiger partial charge < -0.3 is 0 Å². The van der Waals surface area contributed by atoms with E-state index >= 15 is 0 Å². The molecule has 0 aliphatic rings. The SMILES string of the molecule is FC(F)(F)c1ccc(Br)c2c(Br)[nH]nc12. The van der Waals surface area contributed by atoms with Gasteiger partial charge in [-0.15, -0.1) is 0 Å². The Morgan fingerprint density at radius 3 is 2.47 bits per heavy atom. The summed E-state index contributed by atoms with van der Waals surface area (Å²) in [4.78, 5) is 0. The van der Waals surface area contributed by atoms with E-state index in [0.29, 0.717) is 14.5 Å². The Morgan fingerprint density at radius 2 is 1.87 bits per heavy atom. The third-order valence-electron chi connectivity index (χ3n) is 1.92. The van der Waals surface area contributed by atoms with Gasteiger partial charge in [-0.25, -0.2) is 0 Å². The molecule has 1 heterocycles. The minimum Gasteiger partial charge on any atom is -0.270 e. The average Bonchev–Trinajstić information content (AvgIpc) is 2.47. The van der Waals surface area contributed by atoms with E-state index in [9.17, 15) is 13.2 Å². The zero-order valence-electron chi connectivity index (χ0n) is 6.99. The van der Waals surface area contributed by atoms with Crippen molar-refractivity contribution in [1.29, 1.82) is 0 Å². The predicted octanol–water partition coefficient (Wildman–Crippen LogP) is 4.11. The fourth-order valence-corrected chi connectivity index (χ4v) is 2.56. The fraction of sp³-hybridized carbons (Fsp3) is 0.125. The molecule has 0 aliphatic heterocycles. The smallest absolute Gasteiger partial charge is 0.270 e. The molecular formula is C8H3Br2F3N2. The van der Waals surface area contributed by atoms with Crippen molar-refractivity contribution in [2.75, 3.05) is 0 Å². The number of fused-ring (bicyclic) bond motifs is 1. The van der Waals surface area contributed by atoms with Crippen LogP contribution in [0, 0.1) is 0 Å². The van der Waals surface area contributed by atoms with Crippen LogP contribution in [0.3, 0.4) is 0 Å². The highest BCUT2D eigenvalue weighted by Crippen LogP contribution is 2.38. The van der Waals surface area contributed by atoms with Crippen LogP contribution >= 0.6 is 31.9 Å². The summed E-state index contributed by atoms with van der Waals surface area (Å²) in [6, 6.07) is 2.35. The molecule has 0 atom stereocenters. The van der Waals surface area contributed by atoms with Crippen LogP contribution in [0.4, 0.5) is 13.2 Å². The summed E-state index contributed by atoms with van der Waals surface area (Å²) in [5.74, 6) is 0. The highest BCUT2D eigenvalue weighted by Gasteiger charge is 2.34. The number of benzene rings is 1. The molecule has 0 unspecified atom stereocenters. The molecule has 0 saturated heterocycles. The summed E-state index contributed by atoms with van der Waals surface area (Å²) >= 11 is 6.27. The first-order valence-corrected chi connectivity index (χ1v) is 5.39. The lowest BCUT2D eigenvalue weighted by atomic mass is 10.1. The highest BCUT2D eigenvalue weighted by molar-refractivity contribution is 9.11. The average molecular weight is 344 g/mol.